The zero-order valence-electron chi connectivity index (χ0n) is 10.5. The van der Waals surface area contributed by atoms with Gasteiger partial charge < -0.3 is 10.1 Å². The van der Waals surface area contributed by atoms with Crippen molar-refractivity contribution in [2.45, 2.75) is 26.1 Å². The molecule has 4 nitrogen and oxygen atoms in total. The summed E-state index contributed by atoms with van der Waals surface area (Å²) in [6, 6.07) is 0.416. The van der Waals surface area contributed by atoms with E-state index in [1.807, 2.05) is 7.05 Å². The average Bonchev–Trinajstić information content (AvgIpc) is 2.66. The molecule has 0 fully saturated rings. The summed E-state index contributed by atoms with van der Waals surface area (Å²) in [6.45, 7) is 4.64. The SMILES string of the molecule is CNCc1nc(CN(C)C(C)COC)cs1. The number of nitrogens with zero attached hydrogens (tertiary/aromatic N) is 2. The average molecular weight is 243 g/mol. The minimum atomic E-state index is 0.416. The van der Waals surface area contributed by atoms with E-state index < -0.39 is 0 Å². The van der Waals surface area contributed by atoms with Gasteiger partial charge in [0.05, 0.1) is 12.3 Å². The van der Waals surface area contributed by atoms with Crippen molar-refractivity contribution in [2.75, 3.05) is 27.8 Å². The van der Waals surface area contributed by atoms with Gasteiger partial charge in [0.2, 0.25) is 0 Å². The second kappa shape index (κ2) is 6.96. The molecule has 0 aliphatic carbocycles. The molecule has 0 spiro atoms. The van der Waals surface area contributed by atoms with Crippen LogP contribution in [0.4, 0.5) is 0 Å². The largest absolute Gasteiger partial charge is 0.383 e. The summed E-state index contributed by atoms with van der Waals surface area (Å²) in [4.78, 5) is 6.81. The summed E-state index contributed by atoms with van der Waals surface area (Å²) in [5.74, 6) is 0. The van der Waals surface area contributed by atoms with Crippen LogP contribution < -0.4 is 5.32 Å². The highest BCUT2D eigenvalue weighted by Gasteiger charge is 2.11. The molecular weight excluding hydrogens is 222 g/mol. The van der Waals surface area contributed by atoms with Gasteiger partial charge in [-0.2, -0.15) is 0 Å². The third-order valence-electron chi connectivity index (χ3n) is 2.50. The van der Waals surface area contributed by atoms with Gasteiger partial charge in [0.15, 0.2) is 0 Å². The maximum Gasteiger partial charge on any atom is 0.107 e. The summed E-state index contributed by atoms with van der Waals surface area (Å²) in [5.41, 5.74) is 1.14. The zero-order valence-corrected chi connectivity index (χ0v) is 11.3. The molecule has 1 heterocycles. The number of thiazole rings is 1. The van der Waals surface area contributed by atoms with Crippen LogP contribution in [0.2, 0.25) is 0 Å². The Morgan fingerprint density at radius 2 is 2.38 bits per heavy atom. The predicted molar refractivity (Wildman–Crippen MR) is 67.7 cm³/mol. The first-order valence-electron chi connectivity index (χ1n) is 5.44. The van der Waals surface area contributed by atoms with Crippen LogP contribution in [0.3, 0.4) is 0 Å². The molecular formula is C11H21N3OS. The zero-order chi connectivity index (χ0) is 12.0. The minimum Gasteiger partial charge on any atom is -0.383 e. The van der Waals surface area contributed by atoms with Gasteiger partial charge >= 0.3 is 0 Å². The normalized spacial score (nSPS) is 13.3. The lowest BCUT2D eigenvalue weighted by Gasteiger charge is -2.22. The van der Waals surface area contributed by atoms with Crippen LogP contribution in [-0.2, 0) is 17.8 Å². The molecule has 0 amide bonds. The lowest BCUT2D eigenvalue weighted by molar-refractivity contribution is 0.111. The third kappa shape index (κ3) is 4.17. The fraction of sp³-hybridized carbons (Fsp3) is 0.727. The van der Waals surface area contributed by atoms with Crippen molar-refractivity contribution < 1.29 is 4.74 Å². The Morgan fingerprint density at radius 3 is 3.00 bits per heavy atom. The number of nitrogens with one attached hydrogen (secondary N) is 1. The maximum absolute atomic E-state index is 5.14. The molecule has 1 N–H and O–H groups in total. The molecule has 0 aromatic carbocycles. The van der Waals surface area contributed by atoms with Crippen molar-refractivity contribution in [3.63, 3.8) is 0 Å². The second-order valence-electron chi connectivity index (χ2n) is 3.98. The molecule has 16 heavy (non-hydrogen) atoms. The highest BCUT2D eigenvalue weighted by atomic mass is 32.1. The minimum absolute atomic E-state index is 0.416. The molecule has 1 unspecified atom stereocenters. The van der Waals surface area contributed by atoms with Gasteiger partial charge in [-0.1, -0.05) is 0 Å². The van der Waals surface area contributed by atoms with Crippen molar-refractivity contribution in [1.29, 1.82) is 0 Å². The number of hydrogen-bond donors (Lipinski definition) is 1. The van der Waals surface area contributed by atoms with E-state index in [9.17, 15) is 0 Å². The van der Waals surface area contributed by atoms with Crippen molar-refractivity contribution >= 4 is 11.3 Å². The van der Waals surface area contributed by atoms with Gasteiger partial charge in [-0.3, -0.25) is 4.90 Å². The first-order valence-corrected chi connectivity index (χ1v) is 6.32. The quantitative estimate of drug-likeness (QED) is 0.784. The molecule has 1 aromatic heterocycles. The van der Waals surface area contributed by atoms with Crippen LogP contribution >= 0.6 is 11.3 Å². The Balaban J connectivity index is 2.45. The standard InChI is InChI=1S/C11H21N3OS/c1-9(7-15-4)14(3)6-10-8-16-11(13-10)5-12-2/h8-9,12H,5-7H2,1-4H3. The smallest absolute Gasteiger partial charge is 0.107 e. The number of aromatic nitrogens is 1. The molecule has 0 aliphatic rings. The summed E-state index contributed by atoms with van der Waals surface area (Å²) in [5, 5.41) is 6.38. The summed E-state index contributed by atoms with van der Waals surface area (Å²) >= 11 is 1.71. The van der Waals surface area contributed by atoms with Crippen molar-refractivity contribution in [2.24, 2.45) is 0 Å². The van der Waals surface area contributed by atoms with Crippen molar-refractivity contribution in [3.8, 4) is 0 Å². The highest BCUT2D eigenvalue weighted by Crippen LogP contribution is 2.12. The predicted octanol–water partition coefficient (Wildman–Crippen LogP) is 1.33. The van der Waals surface area contributed by atoms with Gasteiger partial charge in [0, 0.05) is 31.6 Å². The Bertz CT molecular complexity index is 303. The van der Waals surface area contributed by atoms with Gasteiger partial charge in [-0.25, -0.2) is 4.98 Å². The molecule has 0 radical (unpaired) electrons. The Hall–Kier alpha value is -0.490. The molecule has 0 saturated heterocycles. The van der Waals surface area contributed by atoms with E-state index in [2.05, 4.69) is 34.6 Å². The van der Waals surface area contributed by atoms with E-state index in [1.54, 1.807) is 18.4 Å². The number of rotatable bonds is 7. The fourth-order valence-electron chi connectivity index (χ4n) is 1.43. The summed E-state index contributed by atoms with van der Waals surface area (Å²) < 4.78 is 5.14. The van der Waals surface area contributed by atoms with Gasteiger partial charge in [-0.15, -0.1) is 11.3 Å². The second-order valence-corrected chi connectivity index (χ2v) is 4.93. The first kappa shape index (κ1) is 13.6. The van der Waals surface area contributed by atoms with Crippen LogP contribution in [-0.4, -0.2) is 43.7 Å². The van der Waals surface area contributed by atoms with Crippen LogP contribution in [0.25, 0.3) is 0 Å². The van der Waals surface area contributed by atoms with Crippen LogP contribution in [0.1, 0.15) is 17.6 Å². The molecule has 0 aliphatic heterocycles. The summed E-state index contributed by atoms with van der Waals surface area (Å²) in [6.07, 6.45) is 0. The Kier molecular flexibility index (Phi) is 5.90. The lowest BCUT2D eigenvalue weighted by Crippen LogP contribution is -2.32. The third-order valence-corrected chi connectivity index (χ3v) is 3.40. The molecule has 1 rings (SSSR count). The van der Waals surface area contributed by atoms with Gasteiger partial charge in [-0.05, 0) is 21.0 Å². The molecule has 0 bridgehead atoms. The van der Waals surface area contributed by atoms with Gasteiger partial charge in [0.25, 0.3) is 0 Å². The Morgan fingerprint density at radius 1 is 1.62 bits per heavy atom. The lowest BCUT2D eigenvalue weighted by atomic mass is 10.3. The van der Waals surface area contributed by atoms with Gasteiger partial charge in [0.1, 0.15) is 5.01 Å². The van der Waals surface area contributed by atoms with E-state index >= 15 is 0 Å². The monoisotopic (exact) mass is 243 g/mol. The van der Waals surface area contributed by atoms with Crippen molar-refractivity contribution in [3.05, 3.63) is 16.1 Å². The fourth-order valence-corrected chi connectivity index (χ4v) is 2.23. The van der Waals surface area contributed by atoms with E-state index in [-0.39, 0.29) is 0 Å². The summed E-state index contributed by atoms with van der Waals surface area (Å²) in [7, 11) is 5.77. The molecule has 92 valence electrons. The molecule has 5 heteroatoms. The Labute approximate surface area is 102 Å². The molecule has 1 atom stereocenters. The molecule has 0 saturated carbocycles. The maximum atomic E-state index is 5.14. The van der Waals surface area contributed by atoms with E-state index in [4.69, 9.17) is 4.74 Å². The van der Waals surface area contributed by atoms with E-state index in [0.717, 1.165) is 30.4 Å². The topological polar surface area (TPSA) is 37.4 Å². The first-order chi connectivity index (χ1) is 7.67. The van der Waals surface area contributed by atoms with Crippen molar-refractivity contribution in [1.82, 2.24) is 15.2 Å². The highest BCUT2D eigenvalue weighted by molar-refractivity contribution is 7.09. The number of hydrogen-bond acceptors (Lipinski definition) is 5. The number of likely N-dealkylation sites (N-methyl/N-ethyl adjacent to an activating group) is 1. The van der Waals surface area contributed by atoms with Crippen LogP contribution in [0.5, 0.6) is 0 Å². The molecule has 1 aromatic rings. The van der Waals surface area contributed by atoms with Crippen LogP contribution in [0.15, 0.2) is 5.38 Å². The number of ether oxygens (including phenoxy) is 1. The van der Waals surface area contributed by atoms with Crippen LogP contribution in [0, 0.1) is 0 Å². The number of methoxy groups -OCH3 is 1. The van der Waals surface area contributed by atoms with E-state index in [1.165, 1.54) is 0 Å². The van der Waals surface area contributed by atoms with E-state index in [0.29, 0.717) is 6.04 Å².